The second kappa shape index (κ2) is 6.89. The summed E-state index contributed by atoms with van der Waals surface area (Å²) >= 11 is 6.42. The van der Waals surface area contributed by atoms with Crippen molar-refractivity contribution in [3.8, 4) is 11.5 Å². The Morgan fingerprint density at radius 1 is 1.14 bits per heavy atom. The minimum atomic E-state index is 0.348. The third-order valence-electron chi connectivity index (χ3n) is 4.56. The van der Waals surface area contributed by atoms with Crippen molar-refractivity contribution >= 4 is 11.6 Å². The van der Waals surface area contributed by atoms with Gasteiger partial charge in [-0.25, -0.2) is 0 Å². The standard InChI is InChI=1S/C17H24ClNO2/c1-20-16-11-15(18)12(9-13-5-2-3-8-19-13)10-17(16)21-14-6-4-7-14/h10-11,13-14,19H,2-9H2,1H3. The maximum atomic E-state index is 6.42. The summed E-state index contributed by atoms with van der Waals surface area (Å²) in [5.74, 6) is 1.59. The van der Waals surface area contributed by atoms with Crippen molar-refractivity contribution < 1.29 is 9.47 Å². The minimum absolute atomic E-state index is 0.348. The quantitative estimate of drug-likeness (QED) is 0.893. The summed E-state index contributed by atoms with van der Waals surface area (Å²) in [5.41, 5.74) is 1.16. The molecule has 21 heavy (non-hydrogen) atoms. The lowest BCUT2D eigenvalue weighted by Gasteiger charge is -2.28. The highest BCUT2D eigenvalue weighted by atomic mass is 35.5. The Hall–Kier alpha value is -0.930. The monoisotopic (exact) mass is 309 g/mol. The lowest BCUT2D eigenvalue weighted by Crippen LogP contribution is -2.35. The van der Waals surface area contributed by atoms with Gasteiger partial charge in [0.25, 0.3) is 0 Å². The van der Waals surface area contributed by atoms with Crippen molar-refractivity contribution in [1.82, 2.24) is 5.32 Å². The van der Waals surface area contributed by atoms with Gasteiger partial charge >= 0.3 is 0 Å². The van der Waals surface area contributed by atoms with E-state index in [0.717, 1.165) is 47.9 Å². The van der Waals surface area contributed by atoms with E-state index in [9.17, 15) is 0 Å². The van der Waals surface area contributed by atoms with E-state index < -0.39 is 0 Å². The molecule has 1 aliphatic heterocycles. The fourth-order valence-electron chi connectivity index (χ4n) is 3.02. The number of halogens is 1. The van der Waals surface area contributed by atoms with E-state index in [-0.39, 0.29) is 0 Å². The number of benzene rings is 1. The van der Waals surface area contributed by atoms with Gasteiger partial charge in [0, 0.05) is 17.1 Å². The molecule has 1 unspecified atom stereocenters. The fraction of sp³-hybridized carbons (Fsp3) is 0.647. The topological polar surface area (TPSA) is 30.5 Å². The zero-order valence-electron chi connectivity index (χ0n) is 12.7. The van der Waals surface area contributed by atoms with Crippen molar-refractivity contribution in [3.05, 3.63) is 22.7 Å². The Morgan fingerprint density at radius 2 is 2.00 bits per heavy atom. The van der Waals surface area contributed by atoms with Gasteiger partial charge in [-0.15, -0.1) is 0 Å². The second-order valence-corrected chi connectivity index (χ2v) is 6.52. The lowest BCUT2D eigenvalue weighted by molar-refractivity contribution is 0.116. The molecule has 1 saturated carbocycles. The maximum absolute atomic E-state index is 6.42. The Bertz CT molecular complexity index is 482. The summed E-state index contributed by atoms with van der Waals surface area (Å²) in [6.45, 7) is 1.11. The van der Waals surface area contributed by atoms with Crippen LogP contribution in [0.5, 0.6) is 11.5 Å². The summed E-state index contributed by atoms with van der Waals surface area (Å²) in [5, 5.41) is 4.35. The van der Waals surface area contributed by atoms with Gasteiger partial charge in [0.1, 0.15) is 0 Å². The molecule has 3 rings (SSSR count). The van der Waals surface area contributed by atoms with Gasteiger partial charge in [0.15, 0.2) is 11.5 Å². The van der Waals surface area contributed by atoms with E-state index in [1.165, 1.54) is 25.7 Å². The van der Waals surface area contributed by atoms with Crippen molar-refractivity contribution in [3.63, 3.8) is 0 Å². The van der Waals surface area contributed by atoms with Crippen LogP contribution in [0.2, 0.25) is 5.02 Å². The molecule has 0 amide bonds. The van der Waals surface area contributed by atoms with Gasteiger partial charge in [-0.05, 0) is 56.7 Å². The molecule has 1 atom stereocenters. The lowest BCUT2D eigenvalue weighted by atomic mass is 9.95. The maximum Gasteiger partial charge on any atom is 0.162 e. The molecule has 1 aromatic carbocycles. The molecule has 2 fully saturated rings. The predicted octanol–water partition coefficient (Wildman–Crippen LogP) is 3.96. The molecular formula is C17H24ClNO2. The number of hydrogen-bond acceptors (Lipinski definition) is 3. The third kappa shape index (κ3) is 3.64. The molecule has 1 heterocycles. The number of rotatable bonds is 5. The van der Waals surface area contributed by atoms with Gasteiger partial charge in [-0.1, -0.05) is 18.0 Å². The highest BCUT2D eigenvalue weighted by molar-refractivity contribution is 6.31. The minimum Gasteiger partial charge on any atom is -0.493 e. The Morgan fingerprint density at radius 3 is 2.62 bits per heavy atom. The van der Waals surface area contributed by atoms with Crippen LogP contribution in [0, 0.1) is 0 Å². The van der Waals surface area contributed by atoms with E-state index in [0.29, 0.717) is 12.1 Å². The summed E-state index contributed by atoms with van der Waals surface area (Å²) in [6, 6.07) is 4.50. The molecule has 2 aliphatic rings. The van der Waals surface area contributed by atoms with Crippen LogP contribution in [0.1, 0.15) is 44.1 Å². The Balaban J connectivity index is 1.76. The molecule has 1 saturated heterocycles. The molecule has 1 aromatic rings. The van der Waals surface area contributed by atoms with E-state index in [1.54, 1.807) is 7.11 Å². The average molecular weight is 310 g/mol. The first-order valence-electron chi connectivity index (χ1n) is 8.02. The van der Waals surface area contributed by atoms with Crippen LogP contribution in [0.4, 0.5) is 0 Å². The number of nitrogens with one attached hydrogen (secondary N) is 1. The van der Waals surface area contributed by atoms with Crippen LogP contribution in [0.15, 0.2) is 12.1 Å². The molecule has 1 N–H and O–H groups in total. The van der Waals surface area contributed by atoms with E-state index >= 15 is 0 Å². The Labute approximate surface area is 132 Å². The van der Waals surface area contributed by atoms with Crippen LogP contribution in [0.25, 0.3) is 0 Å². The molecule has 4 heteroatoms. The molecule has 0 aromatic heterocycles. The van der Waals surface area contributed by atoms with E-state index in [4.69, 9.17) is 21.1 Å². The van der Waals surface area contributed by atoms with Gasteiger partial charge in [0.2, 0.25) is 0 Å². The summed E-state index contributed by atoms with van der Waals surface area (Å²) in [6.07, 6.45) is 8.67. The summed E-state index contributed by atoms with van der Waals surface area (Å²) < 4.78 is 11.5. The van der Waals surface area contributed by atoms with Gasteiger partial charge in [0.05, 0.1) is 13.2 Å². The first-order valence-corrected chi connectivity index (χ1v) is 8.40. The first kappa shape index (κ1) is 15.0. The zero-order valence-corrected chi connectivity index (χ0v) is 13.4. The summed E-state index contributed by atoms with van der Waals surface area (Å²) in [7, 11) is 1.67. The molecule has 0 bridgehead atoms. The zero-order chi connectivity index (χ0) is 14.7. The SMILES string of the molecule is COc1cc(Cl)c(CC2CCCCN2)cc1OC1CCC1. The van der Waals surface area contributed by atoms with Crippen LogP contribution in [-0.4, -0.2) is 25.8 Å². The largest absolute Gasteiger partial charge is 0.493 e. The molecule has 3 nitrogen and oxygen atoms in total. The number of methoxy groups -OCH3 is 1. The van der Waals surface area contributed by atoms with Crippen LogP contribution < -0.4 is 14.8 Å². The van der Waals surface area contributed by atoms with Crippen molar-refractivity contribution in [2.24, 2.45) is 0 Å². The molecule has 0 spiro atoms. The smallest absolute Gasteiger partial charge is 0.162 e. The number of hydrogen-bond donors (Lipinski definition) is 1. The molecule has 116 valence electrons. The van der Waals surface area contributed by atoms with Crippen molar-refractivity contribution in [2.75, 3.05) is 13.7 Å². The van der Waals surface area contributed by atoms with Crippen LogP contribution >= 0.6 is 11.6 Å². The summed E-state index contributed by atoms with van der Waals surface area (Å²) in [4.78, 5) is 0. The van der Waals surface area contributed by atoms with Gasteiger partial charge in [-0.2, -0.15) is 0 Å². The van der Waals surface area contributed by atoms with Crippen LogP contribution in [-0.2, 0) is 6.42 Å². The first-order chi connectivity index (χ1) is 10.3. The van der Waals surface area contributed by atoms with Gasteiger partial charge < -0.3 is 14.8 Å². The fourth-order valence-corrected chi connectivity index (χ4v) is 3.25. The number of ether oxygens (including phenoxy) is 2. The molecule has 0 radical (unpaired) electrons. The Kier molecular flexibility index (Phi) is 4.91. The second-order valence-electron chi connectivity index (χ2n) is 6.12. The van der Waals surface area contributed by atoms with Crippen molar-refractivity contribution in [1.29, 1.82) is 0 Å². The number of piperidine rings is 1. The van der Waals surface area contributed by atoms with E-state index in [1.807, 2.05) is 6.07 Å². The molecule has 1 aliphatic carbocycles. The highest BCUT2D eigenvalue weighted by Crippen LogP contribution is 2.37. The van der Waals surface area contributed by atoms with E-state index in [2.05, 4.69) is 11.4 Å². The van der Waals surface area contributed by atoms with Crippen LogP contribution in [0.3, 0.4) is 0 Å². The normalized spacial score (nSPS) is 22.7. The predicted molar refractivity (Wildman–Crippen MR) is 85.6 cm³/mol. The van der Waals surface area contributed by atoms with Crippen molar-refractivity contribution in [2.45, 2.75) is 57.1 Å². The highest BCUT2D eigenvalue weighted by Gasteiger charge is 2.22. The third-order valence-corrected chi connectivity index (χ3v) is 4.91. The average Bonchev–Trinajstić information content (AvgIpc) is 2.46. The molecular weight excluding hydrogens is 286 g/mol. The van der Waals surface area contributed by atoms with Gasteiger partial charge in [-0.3, -0.25) is 0 Å².